The molecule has 0 saturated heterocycles. The summed E-state index contributed by atoms with van der Waals surface area (Å²) in [5, 5.41) is 0.887. The lowest BCUT2D eigenvalue weighted by Gasteiger charge is -2.10. The Labute approximate surface area is 151 Å². The van der Waals surface area contributed by atoms with Crippen molar-refractivity contribution in [1.82, 2.24) is 9.71 Å². The SMILES string of the molecule is O=S(=O)(Nc1ccc2[nH]ccc2c1)c1ccc(S(=O)(=O)NC2CC2)cc1. The number of sulfonamides is 2. The standard InChI is InChI=1S/C17H17N3O4S2/c21-25(22,19-13-1-2-13)15-4-6-16(7-5-15)26(23,24)20-14-3-8-17-12(11-14)9-10-18-17/h3-11,13,18-20H,1-2H2. The molecule has 1 heterocycles. The number of aromatic nitrogens is 1. The van der Waals surface area contributed by atoms with Gasteiger partial charge >= 0.3 is 0 Å². The number of nitrogens with one attached hydrogen (secondary N) is 3. The van der Waals surface area contributed by atoms with Crippen LogP contribution in [0.15, 0.2) is 64.5 Å². The Morgan fingerprint density at radius 1 is 0.846 bits per heavy atom. The average Bonchev–Trinajstić information content (AvgIpc) is 3.27. The van der Waals surface area contributed by atoms with E-state index in [4.69, 9.17) is 0 Å². The molecule has 0 aliphatic heterocycles. The van der Waals surface area contributed by atoms with Crippen molar-refractivity contribution in [3.63, 3.8) is 0 Å². The molecule has 4 rings (SSSR count). The number of benzene rings is 2. The molecule has 9 heteroatoms. The Bertz CT molecular complexity index is 1160. The van der Waals surface area contributed by atoms with E-state index in [2.05, 4.69) is 14.4 Å². The fraction of sp³-hybridized carbons (Fsp3) is 0.176. The topological polar surface area (TPSA) is 108 Å². The third-order valence-corrected chi connectivity index (χ3v) is 7.08. The molecule has 1 aromatic heterocycles. The number of fused-ring (bicyclic) bond motifs is 1. The van der Waals surface area contributed by atoms with Crippen LogP contribution in [0.3, 0.4) is 0 Å². The third kappa shape index (κ3) is 3.46. The Kier molecular flexibility index (Phi) is 4.02. The van der Waals surface area contributed by atoms with Gasteiger partial charge in [-0.05, 0) is 61.4 Å². The van der Waals surface area contributed by atoms with Crippen LogP contribution in [0, 0.1) is 0 Å². The highest BCUT2D eigenvalue weighted by Gasteiger charge is 2.28. The molecule has 0 spiro atoms. The van der Waals surface area contributed by atoms with Crippen LogP contribution in [-0.4, -0.2) is 27.9 Å². The fourth-order valence-corrected chi connectivity index (χ4v) is 4.97. The maximum atomic E-state index is 12.5. The summed E-state index contributed by atoms with van der Waals surface area (Å²) in [5.74, 6) is 0. The summed E-state index contributed by atoms with van der Waals surface area (Å²) in [6, 6.07) is 12.2. The highest BCUT2D eigenvalue weighted by atomic mass is 32.2. The molecule has 3 N–H and O–H groups in total. The minimum Gasteiger partial charge on any atom is -0.361 e. The average molecular weight is 391 g/mol. The van der Waals surface area contributed by atoms with Crippen LogP contribution in [0.2, 0.25) is 0 Å². The van der Waals surface area contributed by atoms with Gasteiger partial charge in [-0.2, -0.15) is 0 Å². The third-order valence-electron chi connectivity index (χ3n) is 4.15. The minimum atomic E-state index is -3.81. The van der Waals surface area contributed by atoms with Crippen molar-refractivity contribution in [2.24, 2.45) is 0 Å². The molecule has 0 bridgehead atoms. The van der Waals surface area contributed by atoms with Crippen molar-refractivity contribution in [3.05, 3.63) is 54.7 Å². The van der Waals surface area contributed by atoms with Crippen molar-refractivity contribution in [2.45, 2.75) is 28.7 Å². The van der Waals surface area contributed by atoms with Gasteiger partial charge in [0.2, 0.25) is 10.0 Å². The first-order chi connectivity index (χ1) is 12.3. The van der Waals surface area contributed by atoms with E-state index in [0.29, 0.717) is 5.69 Å². The molecule has 2 aromatic carbocycles. The Morgan fingerprint density at radius 2 is 1.50 bits per heavy atom. The zero-order valence-electron chi connectivity index (χ0n) is 13.6. The fourth-order valence-electron chi connectivity index (χ4n) is 2.62. The van der Waals surface area contributed by atoms with Crippen LogP contribution in [-0.2, 0) is 20.0 Å². The van der Waals surface area contributed by atoms with E-state index in [1.807, 2.05) is 6.07 Å². The van der Waals surface area contributed by atoms with Crippen LogP contribution in [0.5, 0.6) is 0 Å². The van der Waals surface area contributed by atoms with Gasteiger partial charge in [-0.15, -0.1) is 0 Å². The van der Waals surface area contributed by atoms with E-state index < -0.39 is 20.0 Å². The van der Waals surface area contributed by atoms with Crippen molar-refractivity contribution < 1.29 is 16.8 Å². The first kappa shape index (κ1) is 17.1. The number of anilines is 1. The molecule has 1 aliphatic carbocycles. The van der Waals surface area contributed by atoms with Crippen molar-refractivity contribution >= 4 is 36.6 Å². The summed E-state index contributed by atoms with van der Waals surface area (Å²) >= 11 is 0. The van der Waals surface area contributed by atoms with Gasteiger partial charge in [-0.1, -0.05) is 0 Å². The summed E-state index contributed by atoms with van der Waals surface area (Å²) < 4.78 is 54.5. The zero-order valence-corrected chi connectivity index (χ0v) is 15.3. The van der Waals surface area contributed by atoms with E-state index in [9.17, 15) is 16.8 Å². The highest BCUT2D eigenvalue weighted by molar-refractivity contribution is 7.92. The van der Waals surface area contributed by atoms with Crippen LogP contribution >= 0.6 is 0 Å². The molecular weight excluding hydrogens is 374 g/mol. The molecule has 26 heavy (non-hydrogen) atoms. The first-order valence-corrected chi connectivity index (χ1v) is 11.0. The molecule has 1 saturated carbocycles. The van der Waals surface area contributed by atoms with Gasteiger partial charge in [-0.3, -0.25) is 4.72 Å². The second-order valence-corrected chi connectivity index (χ2v) is 9.65. The van der Waals surface area contributed by atoms with Gasteiger partial charge in [0.25, 0.3) is 10.0 Å². The van der Waals surface area contributed by atoms with Gasteiger partial charge < -0.3 is 4.98 Å². The molecule has 7 nitrogen and oxygen atoms in total. The Balaban J connectivity index is 1.57. The molecule has 1 aliphatic rings. The highest BCUT2D eigenvalue weighted by Crippen LogP contribution is 2.24. The van der Waals surface area contributed by atoms with Gasteiger partial charge in [-0.25, -0.2) is 21.6 Å². The molecule has 0 atom stereocenters. The van der Waals surface area contributed by atoms with Crippen LogP contribution in [0.4, 0.5) is 5.69 Å². The Hall–Kier alpha value is -2.36. The van der Waals surface area contributed by atoms with Gasteiger partial charge in [0.1, 0.15) is 0 Å². The second-order valence-electron chi connectivity index (χ2n) is 6.25. The lowest BCUT2D eigenvalue weighted by molar-refractivity contribution is 0.580. The van der Waals surface area contributed by atoms with Crippen molar-refractivity contribution in [1.29, 1.82) is 0 Å². The summed E-state index contributed by atoms with van der Waals surface area (Å²) in [5.41, 5.74) is 1.34. The Morgan fingerprint density at radius 3 is 2.15 bits per heavy atom. The van der Waals surface area contributed by atoms with Crippen LogP contribution < -0.4 is 9.44 Å². The predicted octanol–water partition coefficient (Wildman–Crippen LogP) is 2.41. The van der Waals surface area contributed by atoms with Crippen molar-refractivity contribution in [2.75, 3.05) is 4.72 Å². The van der Waals surface area contributed by atoms with Crippen LogP contribution in [0.1, 0.15) is 12.8 Å². The lowest BCUT2D eigenvalue weighted by Crippen LogP contribution is -2.25. The maximum absolute atomic E-state index is 12.5. The van der Waals surface area contributed by atoms with Gasteiger partial charge in [0.05, 0.1) is 9.79 Å². The summed E-state index contributed by atoms with van der Waals surface area (Å²) in [4.78, 5) is 3.09. The molecule has 136 valence electrons. The van der Waals surface area contributed by atoms with Crippen LogP contribution in [0.25, 0.3) is 10.9 Å². The van der Waals surface area contributed by atoms with Crippen molar-refractivity contribution in [3.8, 4) is 0 Å². The number of rotatable bonds is 6. The predicted molar refractivity (Wildman–Crippen MR) is 98.9 cm³/mol. The molecule has 1 fully saturated rings. The number of H-pyrrole nitrogens is 1. The van der Waals surface area contributed by atoms with E-state index in [-0.39, 0.29) is 15.8 Å². The van der Waals surface area contributed by atoms with Gasteiger partial charge in [0, 0.05) is 28.8 Å². The van der Waals surface area contributed by atoms with E-state index in [0.717, 1.165) is 23.7 Å². The van der Waals surface area contributed by atoms with E-state index in [1.165, 1.54) is 24.3 Å². The molecule has 0 unspecified atom stereocenters. The normalized spacial score (nSPS) is 15.2. The second kappa shape index (κ2) is 6.11. The monoisotopic (exact) mass is 391 g/mol. The number of hydrogen-bond acceptors (Lipinski definition) is 4. The maximum Gasteiger partial charge on any atom is 0.261 e. The van der Waals surface area contributed by atoms with E-state index >= 15 is 0 Å². The van der Waals surface area contributed by atoms with E-state index in [1.54, 1.807) is 24.4 Å². The van der Waals surface area contributed by atoms with Gasteiger partial charge in [0.15, 0.2) is 0 Å². The lowest BCUT2D eigenvalue weighted by atomic mass is 10.2. The number of hydrogen-bond donors (Lipinski definition) is 3. The summed E-state index contributed by atoms with van der Waals surface area (Å²) in [7, 11) is -7.42. The molecule has 0 radical (unpaired) electrons. The zero-order chi connectivity index (χ0) is 18.4. The largest absolute Gasteiger partial charge is 0.361 e. The molecule has 0 amide bonds. The summed E-state index contributed by atoms with van der Waals surface area (Å²) in [6.45, 7) is 0. The smallest absolute Gasteiger partial charge is 0.261 e. The minimum absolute atomic E-state index is 0.00274. The molecular formula is C17H17N3O4S2. The first-order valence-electron chi connectivity index (χ1n) is 8.06. The molecule has 3 aromatic rings. The number of aromatic amines is 1. The quantitative estimate of drug-likeness (QED) is 0.599. The summed E-state index contributed by atoms with van der Waals surface area (Å²) in [6.07, 6.45) is 3.44.